The minimum atomic E-state index is -0.505. The second kappa shape index (κ2) is 16.4. The smallest absolute Gasteiger partial charge is 0.407 e. The van der Waals surface area contributed by atoms with Crippen LogP contribution in [0.3, 0.4) is 0 Å². The van der Waals surface area contributed by atoms with Gasteiger partial charge in [-0.25, -0.2) is 4.79 Å². The van der Waals surface area contributed by atoms with Crippen molar-refractivity contribution in [3.8, 4) is 0 Å². The van der Waals surface area contributed by atoms with E-state index in [-0.39, 0.29) is 5.41 Å². The number of amides is 1. The summed E-state index contributed by atoms with van der Waals surface area (Å²) in [6.45, 7) is 14.9. The van der Waals surface area contributed by atoms with Gasteiger partial charge in [0.15, 0.2) is 0 Å². The number of ether oxygens (including phenoxy) is 5. The van der Waals surface area contributed by atoms with Crippen molar-refractivity contribution in [3.05, 3.63) is 30.5 Å². The van der Waals surface area contributed by atoms with E-state index in [1.807, 2.05) is 59.3 Å². The second-order valence-electron chi connectivity index (χ2n) is 11.3. The van der Waals surface area contributed by atoms with Crippen LogP contribution in [-0.4, -0.2) is 96.7 Å². The number of nitrogens with one attached hydrogen (secondary N) is 2. The normalized spacial score (nSPS) is 12.0. The molecular weight excluding hydrogens is 500 g/mol. The Kier molecular flexibility index (Phi) is 13.7. The molecule has 0 radical (unpaired) electrons. The molecule has 220 valence electrons. The van der Waals surface area contributed by atoms with Crippen molar-refractivity contribution >= 4 is 28.4 Å². The van der Waals surface area contributed by atoms with Gasteiger partial charge in [0.1, 0.15) is 5.60 Å². The Balaban J connectivity index is 1.51. The summed E-state index contributed by atoms with van der Waals surface area (Å²) in [5.74, 6) is 0. The van der Waals surface area contributed by atoms with E-state index in [0.717, 1.165) is 28.8 Å². The number of alkyl carbamates (subject to hydrolysis) is 1. The van der Waals surface area contributed by atoms with Gasteiger partial charge in [-0.05, 0) is 26.8 Å². The van der Waals surface area contributed by atoms with Crippen LogP contribution in [-0.2, 0) is 23.7 Å². The van der Waals surface area contributed by atoms with Crippen LogP contribution in [0.4, 0.5) is 16.2 Å². The molecule has 10 heteroatoms. The largest absolute Gasteiger partial charge is 0.444 e. The van der Waals surface area contributed by atoms with E-state index in [0.29, 0.717) is 59.4 Å². The summed E-state index contributed by atoms with van der Waals surface area (Å²) in [6.07, 6.45) is 1.47. The highest BCUT2D eigenvalue weighted by molar-refractivity contribution is 5.97. The third-order valence-electron chi connectivity index (χ3n) is 5.50. The third kappa shape index (κ3) is 13.3. The number of hydrogen-bond donors (Lipinski definition) is 2. The first-order valence-electron chi connectivity index (χ1n) is 13.6. The molecule has 0 atom stereocenters. The fourth-order valence-corrected chi connectivity index (χ4v) is 3.58. The minimum absolute atomic E-state index is 0.0699. The highest BCUT2D eigenvalue weighted by Gasteiger charge is 2.20. The molecule has 0 bridgehead atoms. The van der Waals surface area contributed by atoms with Crippen molar-refractivity contribution in [2.75, 3.05) is 90.3 Å². The Morgan fingerprint density at radius 1 is 0.872 bits per heavy atom. The molecule has 0 spiro atoms. The van der Waals surface area contributed by atoms with Crippen LogP contribution in [0.15, 0.2) is 30.5 Å². The van der Waals surface area contributed by atoms with Crippen molar-refractivity contribution in [2.24, 2.45) is 5.41 Å². The van der Waals surface area contributed by atoms with Gasteiger partial charge in [-0.15, -0.1) is 0 Å². The molecule has 1 heterocycles. The average molecular weight is 549 g/mol. The maximum atomic E-state index is 11.5. The number of rotatable bonds is 18. The standard InChI is InChI=1S/C29H48N4O6/c1-28(2,3)39-27(34)30-12-13-35-14-15-36-16-17-37-18-19-38-22-29(4,5)21-32-26-23-10-8-9-11-24(23)31-20-25(26)33(6)7/h8-11,20H,12-19,21-22H2,1-7H3,(H,30,34)(H,31,32). The van der Waals surface area contributed by atoms with Crippen LogP contribution in [0.25, 0.3) is 10.9 Å². The van der Waals surface area contributed by atoms with Gasteiger partial charge in [-0.3, -0.25) is 4.98 Å². The predicted octanol–water partition coefficient (Wildman–Crippen LogP) is 4.33. The number of pyridine rings is 1. The molecule has 0 fully saturated rings. The fraction of sp³-hybridized carbons (Fsp3) is 0.655. The molecule has 0 aliphatic rings. The number of aromatic nitrogens is 1. The Morgan fingerprint density at radius 3 is 2.08 bits per heavy atom. The average Bonchev–Trinajstić information content (AvgIpc) is 2.86. The molecule has 2 aromatic rings. The zero-order valence-electron chi connectivity index (χ0n) is 24.8. The number of carbonyl (C=O) groups is 1. The van der Waals surface area contributed by atoms with Crippen LogP contribution in [0, 0.1) is 5.41 Å². The number of anilines is 2. The van der Waals surface area contributed by atoms with E-state index in [1.165, 1.54) is 0 Å². The molecule has 1 amide bonds. The molecular formula is C29H48N4O6. The summed E-state index contributed by atoms with van der Waals surface area (Å²) in [5.41, 5.74) is 2.54. The van der Waals surface area contributed by atoms with Gasteiger partial charge in [0, 0.05) is 38.0 Å². The molecule has 1 aromatic carbocycles. The van der Waals surface area contributed by atoms with Crippen molar-refractivity contribution in [2.45, 2.75) is 40.2 Å². The van der Waals surface area contributed by atoms with Crippen molar-refractivity contribution in [1.82, 2.24) is 10.3 Å². The summed E-state index contributed by atoms with van der Waals surface area (Å²) in [6, 6.07) is 8.17. The first-order chi connectivity index (χ1) is 18.5. The van der Waals surface area contributed by atoms with Gasteiger partial charge in [0.2, 0.25) is 0 Å². The van der Waals surface area contributed by atoms with Crippen molar-refractivity contribution in [3.63, 3.8) is 0 Å². The Bertz CT molecular complexity index is 993. The summed E-state index contributed by atoms with van der Waals surface area (Å²) in [4.78, 5) is 18.2. The number of para-hydroxylation sites is 1. The topological polar surface area (TPSA) is 103 Å². The Hall–Kier alpha value is -2.66. The zero-order valence-corrected chi connectivity index (χ0v) is 24.8. The lowest BCUT2D eigenvalue weighted by atomic mass is 9.94. The quantitative estimate of drug-likeness (QED) is 0.264. The Morgan fingerprint density at radius 2 is 1.46 bits per heavy atom. The minimum Gasteiger partial charge on any atom is -0.444 e. The molecule has 0 saturated carbocycles. The third-order valence-corrected chi connectivity index (χ3v) is 5.50. The predicted molar refractivity (Wildman–Crippen MR) is 156 cm³/mol. The number of benzene rings is 1. The zero-order chi connectivity index (χ0) is 28.7. The SMILES string of the molecule is CN(C)c1cnc2ccccc2c1NCC(C)(C)COCCOCCOCCOCCNC(=O)OC(C)(C)C. The second-order valence-corrected chi connectivity index (χ2v) is 11.3. The van der Waals surface area contributed by atoms with E-state index in [2.05, 4.69) is 40.4 Å². The lowest BCUT2D eigenvalue weighted by molar-refractivity contribution is -0.0113. The van der Waals surface area contributed by atoms with Gasteiger partial charge < -0.3 is 39.2 Å². The Labute approximate surface area is 233 Å². The highest BCUT2D eigenvalue weighted by Crippen LogP contribution is 2.32. The van der Waals surface area contributed by atoms with Crippen LogP contribution in [0.2, 0.25) is 0 Å². The van der Waals surface area contributed by atoms with Crippen LogP contribution < -0.4 is 15.5 Å². The number of fused-ring (bicyclic) bond motifs is 1. The molecule has 0 aliphatic heterocycles. The monoisotopic (exact) mass is 548 g/mol. The first kappa shape index (κ1) is 32.6. The number of hydrogen-bond acceptors (Lipinski definition) is 9. The lowest BCUT2D eigenvalue weighted by Gasteiger charge is -2.27. The molecule has 2 N–H and O–H groups in total. The summed E-state index contributed by atoms with van der Waals surface area (Å²) >= 11 is 0. The van der Waals surface area contributed by atoms with Crippen molar-refractivity contribution < 1.29 is 28.5 Å². The van der Waals surface area contributed by atoms with Crippen LogP contribution in [0.1, 0.15) is 34.6 Å². The van der Waals surface area contributed by atoms with Gasteiger partial charge in [-0.1, -0.05) is 32.0 Å². The van der Waals surface area contributed by atoms with E-state index < -0.39 is 11.7 Å². The lowest BCUT2D eigenvalue weighted by Crippen LogP contribution is -2.34. The molecule has 39 heavy (non-hydrogen) atoms. The number of nitrogens with zero attached hydrogens (tertiary/aromatic N) is 2. The van der Waals surface area contributed by atoms with E-state index in [9.17, 15) is 4.79 Å². The van der Waals surface area contributed by atoms with Crippen LogP contribution in [0.5, 0.6) is 0 Å². The summed E-state index contributed by atoms with van der Waals surface area (Å²) in [5, 5.41) is 7.40. The molecule has 10 nitrogen and oxygen atoms in total. The van der Waals surface area contributed by atoms with Gasteiger partial charge in [-0.2, -0.15) is 0 Å². The van der Waals surface area contributed by atoms with Gasteiger partial charge in [0.25, 0.3) is 0 Å². The summed E-state index contributed by atoms with van der Waals surface area (Å²) < 4.78 is 27.6. The van der Waals surface area contributed by atoms with E-state index in [1.54, 1.807) is 0 Å². The van der Waals surface area contributed by atoms with Gasteiger partial charge >= 0.3 is 6.09 Å². The summed E-state index contributed by atoms with van der Waals surface area (Å²) in [7, 11) is 4.05. The molecule has 1 aromatic heterocycles. The molecule has 0 unspecified atom stereocenters. The molecule has 2 rings (SSSR count). The molecule has 0 saturated heterocycles. The maximum absolute atomic E-state index is 11.5. The highest BCUT2D eigenvalue weighted by atomic mass is 16.6. The first-order valence-corrected chi connectivity index (χ1v) is 13.6. The van der Waals surface area contributed by atoms with Gasteiger partial charge in [0.05, 0.1) is 75.9 Å². The number of carbonyl (C=O) groups excluding carboxylic acids is 1. The molecule has 0 aliphatic carbocycles. The maximum Gasteiger partial charge on any atom is 0.407 e. The van der Waals surface area contributed by atoms with E-state index in [4.69, 9.17) is 23.7 Å². The fourth-order valence-electron chi connectivity index (χ4n) is 3.58. The van der Waals surface area contributed by atoms with Crippen LogP contribution >= 0.6 is 0 Å². The van der Waals surface area contributed by atoms with E-state index >= 15 is 0 Å². The van der Waals surface area contributed by atoms with Crippen molar-refractivity contribution in [1.29, 1.82) is 0 Å².